The van der Waals surface area contributed by atoms with Crippen LogP contribution in [0.2, 0.25) is 0 Å². The minimum atomic E-state index is -0.859. The number of nitrogens with zero attached hydrogens (tertiary/aromatic N) is 1. The molecule has 160 valence electrons. The number of nitrogens with one attached hydrogen (secondary N) is 2. The molecular formula is C23H27F2N3O2. The third-order valence-corrected chi connectivity index (χ3v) is 5.17. The van der Waals surface area contributed by atoms with E-state index in [9.17, 15) is 18.4 Å². The van der Waals surface area contributed by atoms with Gasteiger partial charge >= 0.3 is 0 Å². The first-order valence-corrected chi connectivity index (χ1v) is 10.0. The Bertz CT molecular complexity index is 940. The first-order chi connectivity index (χ1) is 14.1. The molecule has 1 fully saturated rings. The summed E-state index contributed by atoms with van der Waals surface area (Å²) < 4.78 is 26.6. The number of halogens is 2. The second-order valence-electron chi connectivity index (χ2n) is 8.69. The summed E-state index contributed by atoms with van der Waals surface area (Å²) in [4.78, 5) is 26.7. The van der Waals surface area contributed by atoms with Gasteiger partial charge < -0.3 is 15.5 Å². The monoisotopic (exact) mass is 415 g/mol. The molecule has 2 N–H and O–H groups in total. The molecule has 5 nitrogen and oxygen atoms in total. The van der Waals surface area contributed by atoms with Gasteiger partial charge in [-0.2, -0.15) is 0 Å². The van der Waals surface area contributed by atoms with Crippen molar-refractivity contribution in [2.24, 2.45) is 11.3 Å². The fraction of sp³-hybridized carbons (Fsp3) is 0.391. The third-order valence-electron chi connectivity index (χ3n) is 5.17. The van der Waals surface area contributed by atoms with Crippen molar-refractivity contribution in [2.75, 3.05) is 29.9 Å². The molecule has 0 aromatic heterocycles. The molecule has 0 spiro atoms. The average molecular weight is 415 g/mol. The molecule has 1 heterocycles. The molecule has 1 saturated heterocycles. The van der Waals surface area contributed by atoms with Gasteiger partial charge in [0.2, 0.25) is 5.91 Å². The van der Waals surface area contributed by atoms with Gasteiger partial charge in [0.15, 0.2) is 11.6 Å². The van der Waals surface area contributed by atoms with Gasteiger partial charge in [-0.25, -0.2) is 8.78 Å². The van der Waals surface area contributed by atoms with Crippen molar-refractivity contribution in [3.8, 4) is 0 Å². The minimum Gasteiger partial charge on any atom is -0.371 e. The standard InChI is InChI=1S/C23H27F2N3O2/c1-23(2,3)22(30)27-17-6-4-5-16(11-17)21(29)26-13-15-9-10-28(14-15)18-7-8-19(24)20(25)12-18/h4-8,11-12,15H,9-10,13-14H2,1-3H3,(H,26,29)(H,27,30). The average Bonchev–Trinajstić information content (AvgIpc) is 3.17. The van der Waals surface area contributed by atoms with Gasteiger partial charge in [-0.15, -0.1) is 0 Å². The highest BCUT2D eigenvalue weighted by atomic mass is 19.2. The summed E-state index contributed by atoms with van der Waals surface area (Å²) in [5, 5.41) is 5.76. The molecule has 0 bridgehead atoms. The van der Waals surface area contributed by atoms with Crippen LogP contribution < -0.4 is 15.5 Å². The van der Waals surface area contributed by atoms with E-state index < -0.39 is 17.0 Å². The van der Waals surface area contributed by atoms with Crippen LogP contribution in [0.3, 0.4) is 0 Å². The first-order valence-electron chi connectivity index (χ1n) is 10.0. The summed E-state index contributed by atoms with van der Waals surface area (Å²) >= 11 is 0. The summed E-state index contributed by atoms with van der Waals surface area (Å²) in [5.41, 5.74) is 1.16. The van der Waals surface area contributed by atoms with Crippen LogP contribution in [0, 0.1) is 23.0 Å². The van der Waals surface area contributed by atoms with Gasteiger partial charge in [0, 0.05) is 48.1 Å². The van der Waals surface area contributed by atoms with Gasteiger partial charge in [-0.05, 0) is 42.7 Å². The Morgan fingerprint density at radius 2 is 1.87 bits per heavy atom. The largest absolute Gasteiger partial charge is 0.371 e. The molecule has 30 heavy (non-hydrogen) atoms. The van der Waals surface area contributed by atoms with E-state index in [0.29, 0.717) is 30.0 Å². The van der Waals surface area contributed by atoms with Crippen molar-refractivity contribution >= 4 is 23.2 Å². The summed E-state index contributed by atoms with van der Waals surface area (Å²) in [6.45, 7) is 7.34. The predicted molar refractivity (Wildman–Crippen MR) is 114 cm³/mol. The molecule has 1 unspecified atom stereocenters. The molecule has 1 atom stereocenters. The number of hydrogen-bond acceptors (Lipinski definition) is 3. The lowest BCUT2D eigenvalue weighted by Crippen LogP contribution is -2.31. The van der Waals surface area contributed by atoms with Crippen molar-refractivity contribution in [3.05, 3.63) is 59.7 Å². The SMILES string of the molecule is CC(C)(C)C(=O)Nc1cccc(C(=O)NCC2CCN(c3ccc(F)c(F)c3)C2)c1. The molecule has 0 radical (unpaired) electrons. The van der Waals surface area contributed by atoms with Crippen LogP contribution >= 0.6 is 0 Å². The second kappa shape index (κ2) is 8.81. The van der Waals surface area contributed by atoms with Crippen LogP contribution in [0.5, 0.6) is 0 Å². The Hall–Kier alpha value is -2.96. The Labute approximate surface area is 175 Å². The van der Waals surface area contributed by atoms with E-state index >= 15 is 0 Å². The summed E-state index contributed by atoms with van der Waals surface area (Å²) in [5.74, 6) is -1.84. The lowest BCUT2D eigenvalue weighted by atomic mass is 9.95. The lowest BCUT2D eigenvalue weighted by molar-refractivity contribution is -0.123. The highest BCUT2D eigenvalue weighted by Gasteiger charge is 2.24. The van der Waals surface area contributed by atoms with Crippen molar-refractivity contribution in [1.82, 2.24) is 5.32 Å². The molecule has 3 rings (SSSR count). The van der Waals surface area contributed by atoms with Crippen molar-refractivity contribution in [3.63, 3.8) is 0 Å². The van der Waals surface area contributed by atoms with Crippen LogP contribution in [0.15, 0.2) is 42.5 Å². The number of rotatable bonds is 5. The molecule has 2 amide bonds. The van der Waals surface area contributed by atoms with E-state index in [4.69, 9.17) is 0 Å². The Morgan fingerprint density at radius 1 is 1.10 bits per heavy atom. The normalized spacial score (nSPS) is 16.4. The maximum Gasteiger partial charge on any atom is 0.251 e. The van der Waals surface area contributed by atoms with Gasteiger partial charge in [-0.3, -0.25) is 9.59 Å². The number of amides is 2. The van der Waals surface area contributed by atoms with Crippen molar-refractivity contribution < 1.29 is 18.4 Å². The number of benzene rings is 2. The zero-order chi connectivity index (χ0) is 21.9. The molecule has 0 aliphatic carbocycles. The Balaban J connectivity index is 1.54. The van der Waals surface area contributed by atoms with Gasteiger partial charge in [0.1, 0.15) is 0 Å². The van der Waals surface area contributed by atoms with Crippen molar-refractivity contribution in [1.29, 1.82) is 0 Å². The maximum absolute atomic E-state index is 13.5. The molecule has 1 aliphatic rings. The summed E-state index contributed by atoms with van der Waals surface area (Å²) in [7, 11) is 0. The Kier molecular flexibility index (Phi) is 6.39. The van der Waals surface area contributed by atoms with Crippen molar-refractivity contribution in [2.45, 2.75) is 27.2 Å². The van der Waals surface area contributed by atoms with E-state index in [0.717, 1.165) is 19.0 Å². The van der Waals surface area contributed by atoms with E-state index in [1.807, 2.05) is 25.7 Å². The number of carbonyl (C=O) groups is 2. The third kappa shape index (κ3) is 5.34. The van der Waals surface area contributed by atoms with Crippen LogP contribution in [-0.2, 0) is 4.79 Å². The number of hydrogen-bond donors (Lipinski definition) is 2. The van der Waals surface area contributed by atoms with Crippen LogP contribution in [0.4, 0.5) is 20.2 Å². The lowest BCUT2D eigenvalue weighted by Gasteiger charge is -2.19. The fourth-order valence-electron chi connectivity index (χ4n) is 3.31. The summed E-state index contributed by atoms with van der Waals surface area (Å²) in [6.07, 6.45) is 0.848. The topological polar surface area (TPSA) is 61.4 Å². The van der Waals surface area contributed by atoms with E-state index in [-0.39, 0.29) is 17.7 Å². The second-order valence-corrected chi connectivity index (χ2v) is 8.69. The predicted octanol–water partition coefficient (Wildman–Crippen LogP) is 4.21. The van der Waals surface area contributed by atoms with Gasteiger partial charge in [0.05, 0.1) is 0 Å². The first kappa shape index (κ1) is 21.7. The van der Waals surface area contributed by atoms with Crippen LogP contribution in [0.25, 0.3) is 0 Å². The summed E-state index contributed by atoms with van der Waals surface area (Å²) in [6, 6.07) is 10.7. The van der Waals surface area contributed by atoms with E-state index in [1.54, 1.807) is 30.3 Å². The molecular weight excluding hydrogens is 388 g/mol. The molecule has 2 aromatic rings. The highest BCUT2D eigenvalue weighted by molar-refractivity contribution is 5.98. The quantitative estimate of drug-likeness (QED) is 0.769. The van der Waals surface area contributed by atoms with E-state index in [1.165, 1.54) is 6.07 Å². The minimum absolute atomic E-state index is 0.122. The van der Waals surface area contributed by atoms with E-state index in [2.05, 4.69) is 10.6 Å². The smallest absolute Gasteiger partial charge is 0.251 e. The molecule has 2 aromatic carbocycles. The fourth-order valence-corrected chi connectivity index (χ4v) is 3.31. The zero-order valence-electron chi connectivity index (χ0n) is 17.5. The molecule has 7 heteroatoms. The molecule has 0 saturated carbocycles. The van der Waals surface area contributed by atoms with Gasteiger partial charge in [0.25, 0.3) is 5.91 Å². The van der Waals surface area contributed by atoms with Crippen LogP contribution in [0.1, 0.15) is 37.6 Å². The van der Waals surface area contributed by atoms with Crippen LogP contribution in [-0.4, -0.2) is 31.4 Å². The zero-order valence-corrected chi connectivity index (χ0v) is 17.5. The number of anilines is 2. The molecule has 1 aliphatic heterocycles. The maximum atomic E-state index is 13.5. The number of carbonyl (C=O) groups excluding carboxylic acids is 2. The Morgan fingerprint density at radius 3 is 2.57 bits per heavy atom. The highest BCUT2D eigenvalue weighted by Crippen LogP contribution is 2.25. The van der Waals surface area contributed by atoms with Gasteiger partial charge in [-0.1, -0.05) is 26.8 Å².